The normalized spacial score (nSPS) is 9.94. The van der Waals surface area contributed by atoms with Crippen LogP contribution in [-0.2, 0) is 0 Å². The van der Waals surface area contributed by atoms with Crippen LogP contribution in [0.3, 0.4) is 0 Å². The van der Waals surface area contributed by atoms with Gasteiger partial charge in [0.25, 0.3) is 0 Å². The predicted octanol–water partition coefficient (Wildman–Crippen LogP) is 3.26. The first-order valence-corrected chi connectivity index (χ1v) is 5.64. The van der Waals surface area contributed by atoms with Crippen molar-refractivity contribution in [2.45, 2.75) is 27.2 Å². The van der Waals surface area contributed by atoms with Crippen LogP contribution < -0.4 is 9.47 Å². The van der Waals surface area contributed by atoms with Gasteiger partial charge < -0.3 is 14.9 Å². The smallest absolute Gasteiger partial charge is 0.131 e. The lowest BCUT2D eigenvalue weighted by Crippen LogP contribution is -2.03. The van der Waals surface area contributed by atoms with E-state index in [-0.39, 0.29) is 0 Å². The lowest BCUT2D eigenvalue weighted by Gasteiger charge is -2.12. The molecule has 0 aliphatic rings. The SMILES string of the molecule is CCCOc1cc(OCC)ccc1C(C)=N. The number of rotatable bonds is 6. The summed E-state index contributed by atoms with van der Waals surface area (Å²) in [6.45, 7) is 7.06. The molecule has 0 fully saturated rings. The first-order chi connectivity index (χ1) is 7.69. The molecule has 3 nitrogen and oxygen atoms in total. The Hall–Kier alpha value is -1.51. The van der Waals surface area contributed by atoms with Gasteiger partial charge in [-0.3, -0.25) is 0 Å². The van der Waals surface area contributed by atoms with Crippen molar-refractivity contribution in [1.82, 2.24) is 0 Å². The monoisotopic (exact) mass is 221 g/mol. The number of nitrogens with one attached hydrogen (secondary N) is 1. The van der Waals surface area contributed by atoms with Crippen molar-refractivity contribution in [3.63, 3.8) is 0 Å². The summed E-state index contributed by atoms with van der Waals surface area (Å²) in [7, 11) is 0. The molecule has 0 aliphatic heterocycles. The van der Waals surface area contributed by atoms with Gasteiger partial charge in [-0.1, -0.05) is 6.92 Å². The molecule has 0 unspecified atom stereocenters. The maximum absolute atomic E-state index is 7.66. The lowest BCUT2D eigenvalue weighted by molar-refractivity contribution is 0.308. The molecule has 0 heterocycles. The molecule has 0 aliphatic carbocycles. The van der Waals surface area contributed by atoms with Gasteiger partial charge in [-0.05, 0) is 32.4 Å². The summed E-state index contributed by atoms with van der Waals surface area (Å²) in [6.07, 6.45) is 0.954. The third-order valence-electron chi connectivity index (χ3n) is 2.13. The minimum Gasteiger partial charge on any atom is -0.494 e. The zero-order chi connectivity index (χ0) is 12.0. The van der Waals surface area contributed by atoms with Crippen LogP contribution in [0.5, 0.6) is 11.5 Å². The minimum atomic E-state index is 0.508. The highest BCUT2D eigenvalue weighted by atomic mass is 16.5. The zero-order valence-electron chi connectivity index (χ0n) is 10.2. The maximum atomic E-state index is 7.66. The van der Waals surface area contributed by atoms with E-state index in [0.29, 0.717) is 18.9 Å². The van der Waals surface area contributed by atoms with Crippen LogP contribution >= 0.6 is 0 Å². The highest BCUT2D eigenvalue weighted by Crippen LogP contribution is 2.25. The molecule has 3 heteroatoms. The van der Waals surface area contributed by atoms with Crippen molar-refractivity contribution < 1.29 is 9.47 Å². The third-order valence-corrected chi connectivity index (χ3v) is 2.13. The average molecular weight is 221 g/mol. The molecular formula is C13H19NO2. The highest BCUT2D eigenvalue weighted by Gasteiger charge is 2.07. The largest absolute Gasteiger partial charge is 0.494 e. The molecular weight excluding hydrogens is 202 g/mol. The molecule has 0 radical (unpaired) electrons. The lowest BCUT2D eigenvalue weighted by atomic mass is 10.1. The van der Waals surface area contributed by atoms with E-state index >= 15 is 0 Å². The van der Waals surface area contributed by atoms with Gasteiger partial charge in [-0.2, -0.15) is 0 Å². The molecule has 1 rings (SSSR count). The Morgan fingerprint density at radius 2 is 2.00 bits per heavy atom. The number of benzene rings is 1. The summed E-state index contributed by atoms with van der Waals surface area (Å²) < 4.78 is 11.0. The van der Waals surface area contributed by atoms with Crippen LogP contribution in [0.25, 0.3) is 0 Å². The Morgan fingerprint density at radius 1 is 1.25 bits per heavy atom. The number of hydrogen-bond donors (Lipinski definition) is 1. The molecule has 0 bridgehead atoms. The van der Waals surface area contributed by atoms with Crippen molar-refractivity contribution in [1.29, 1.82) is 5.41 Å². The van der Waals surface area contributed by atoms with Crippen molar-refractivity contribution in [3.8, 4) is 11.5 Å². The van der Waals surface area contributed by atoms with Crippen LogP contribution in [-0.4, -0.2) is 18.9 Å². The van der Waals surface area contributed by atoms with Crippen molar-refractivity contribution in [2.75, 3.05) is 13.2 Å². The molecule has 1 aromatic rings. The zero-order valence-corrected chi connectivity index (χ0v) is 10.2. The molecule has 0 atom stereocenters. The van der Waals surface area contributed by atoms with Crippen molar-refractivity contribution >= 4 is 5.71 Å². The summed E-state index contributed by atoms with van der Waals surface area (Å²) in [5.74, 6) is 1.53. The van der Waals surface area contributed by atoms with Gasteiger partial charge in [0.2, 0.25) is 0 Å². The summed E-state index contributed by atoms with van der Waals surface area (Å²) >= 11 is 0. The van der Waals surface area contributed by atoms with E-state index in [1.165, 1.54) is 0 Å². The fourth-order valence-corrected chi connectivity index (χ4v) is 1.40. The molecule has 88 valence electrons. The third kappa shape index (κ3) is 3.26. The quantitative estimate of drug-likeness (QED) is 0.749. The van der Waals surface area contributed by atoms with Crippen LogP contribution in [0.4, 0.5) is 0 Å². The summed E-state index contributed by atoms with van der Waals surface area (Å²) in [5.41, 5.74) is 1.34. The Morgan fingerprint density at radius 3 is 2.56 bits per heavy atom. The van der Waals surface area contributed by atoms with Gasteiger partial charge in [0, 0.05) is 17.3 Å². The van der Waals surface area contributed by atoms with Gasteiger partial charge in [0.1, 0.15) is 11.5 Å². The molecule has 0 amide bonds. The van der Waals surface area contributed by atoms with Crippen LogP contribution in [0, 0.1) is 5.41 Å². The molecule has 16 heavy (non-hydrogen) atoms. The molecule has 1 N–H and O–H groups in total. The Kier molecular flexibility index (Phi) is 4.83. The second-order valence-electron chi connectivity index (χ2n) is 3.56. The highest BCUT2D eigenvalue weighted by molar-refractivity contribution is 5.99. The van der Waals surface area contributed by atoms with Gasteiger partial charge in [0.15, 0.2) is 0 Å². The van der Waals surface area contributed by atoms with Gasteiger partial charge in [-0.15, -0.1) is 0 Å². The molecule has 0 spiro atoms. The second kappa shape index (κ2) is 6.16. The van der Waals surface area contributed by atoms with E-state index in [4.69, 9.17) is 14.9 Å². The summed E-state index contributed by atoms with van der Waals surface area (Å²) in [5, 5.41) is 7.66. The van der Waals surface area contributed by atoms with Crippen LogP contribution in [0.15, 0.2) is 18.2 Å². The maximum Gasteiger partial charge on any atom is 0.131 e. The molecule has 1 aromatic carbocycles. The fourth-order valence-electron chi connectivity index (χ4n) is 1.40. The Labute approximate surface area is 96.9 Å². The van der Waals surface area contributed by atoms with Crippen molar-refractivity contribution in [2.24, 2.45) is 0 Å². The van der Waals surface area contributed by atoms with E-state index in [2.05, 4.69) is 6.92 Å². The molecule has 0 aromatic heterocycles. The minimum absolute atomic E-state index is 0.508. The van der Waals surface area contributed by atoms with E-state index in [9.17, 15) is 0 Å². The first-order valence-electron chi connectivity index (χ1n) is 5.64. The van der Waals surface area contributed by atoms with Gasteiger partial charge in [0.05, 0.1) is 13.2 Å². The van der Waals surface area contributed by atoms with Crippen molar-refractivity contribution in [3.05, 3.63) is 23.8 Å². The Balaban J connectivity index is 2.95. The topological polar surface area (TPSA) is 42.3 Å². The molecule has 0 saturated heterocycles. The second-order valence-corrected chi connectivity index (χ2v) is 3.56. The number of ether oxygens (including phenoxy) is 2. The standard InChI is InChI=1S/C13H19NO2/c1-4-8-16-13-9-11(15-5-2)6-7-12(13)10(3)14/h6-7,9,14H,4-5,8H2,1-3H3. The van der Waals surface area contributed by atoms with Gasteiger partial charge >= 0.3 is 0 Å². The summed E-state index contributed by atoms with van der Waals surface area (Å²) in [4.78, 5) is 0. The molecule has 0 saturated carbocycles. The van der Waals surface area contributed by atoms with E-state index in [0.717, 1.165) is 23.5 Å². The Bertz CT molecular complexity index is 361. The fraction of sp³-hybridized carbons (Fsp3) is 0.462. The van der Waals surface area contributed by atoms with E-state index < -0.39 is 0 Å². The summed E-state index contributed by atoms with van der Waals surface area (Å²) in [6, 6.07) is 5.60. The first kappa shape index (κ1) is 12.6. The van der Waals surface area contributed by atoms with E-state index in [1.807, 2.05) is 25.1 Å². The van der Waals surface area contributed by atoms with Gasteiger partial charge in [-0.25, -0.2) is 0 Å². The number of hydrogen-bond acceptors (Lipinski definition) is 3. The van der Waals surface area contributed by atoms with Crippen LogP contribution in [0.1, 0.15) is 32.8 Å². The predicted molar refractivity (Wildman–Crippen MR) is 65.9 cm³/mol. The van der Waals surface area contributed by atoms with E-state index in [1.54, 1.807) is 6.92 Å². The van der Waals surface area contributed by atoms with Crippen LogP contribution in [0.2, 0.25) is 0 Å². The average Bonchev–Trinajstić information content (AvgIpc) is 2.26.